The predicted molar refractivity (Wildman–Crippen MR) is 134 cm³/mol. The maximum absolute atomic E-state index is 4.59. The summed E-state index contributed by atoms with van der Waals surface area (Å²) >= 11 is 1.78. The monoisotopic (exact) mass is 528 g/mol. The quantitative estimate of drug-likeness (QED) is 0.337. The van der Waals surface area contributed by atoms with Crippen molar-refractivity contribution in [1.82, 2.24) is 20.6 Å². The number of nitrogens with zero attached hydrogens (tertiary/aromatic N) is 4. The Kier molecular flexibility index (Phi) is 10.1. The van der Waals surface area contributed by atoms with E-state index in [0.717, 1.165) is 50.1 Å². The molecule has 0 radical (unpaired) electrons. The summed E-state index contributed by atoms with van der Waals surface area (Å²) < 4.78 is 0. The van der Waals surface area contributed by atoms with Crippen LogP contribution in [-0.4, -0.2) is 42.6 Å². The first-order chi connectivity index (χ1) is 13.7. The molecule has 160 valence electrons. The van der Waals surface area contributed by atoms with Crippen molar-refractivity contribution in [2.75, 3.05) is 31.6 Å². The van der Waals surface area contributed by atoms with Crippen molar-refractivity contribution in [2.45, 2.75) is 52.5 Å². The zero-order valence-corrected chi connectivity index (χ0v) is 20.8. The van der Waals surface area contributed by atoms with E-state index in [4.69, 9.17) is 0 Å². The van der Waals surface area contributed by atoms with Gasteiger partial charge in [0.1, 0.15) is 5.82 Å². The summed E-state index contributed by atoms with van der Waals surface area (Å²) in [6.07, 6.45) is 8.02. The number of halogens is 1. The minimum Gasteiger partial charge on any atom is -0.357 e. The van der Waals surface area contributed by atoms with E-state index in [-0.39, 0.29) is 24.0 Å². The average molecular weight is 529 g/mol. The molecule has 8 heteroatoms. The second-order valence-corrected chi connectivity index (χ2v) is 8.56. The lowest BCUT2D eigenvalue weighted by atomic mass is 10.2. The highest BCUT2D eigenvalue weighted by atomic mass is 127. The van der Waals surface area contributed by atoms with Gasteiger partial charge in [-0.3, -0.25) is 4.99 Å². The summed E-state index contributed by atoms with van der Waals surface area (Å²) in [5, 5.41) is 7.96. The fourth-order valence-electron chi connectivity index (χ4n) is 3.38. The maximum Gasteiger partial charge on any atom is 0.191 e. The molecule has 2 N–H and O–H groups in total. The second-order valence-electron chi connectivity index (χ2n) is 7.28. The van der Waals surface area contributed by atoms with E-state index in [1.807, 2.05) is 13.2 Å². The van der Waals surface area contributed by atoms with Crippen LogP contribution in [0, 0.1) is 13.8 Å². The summed E-state index contributed by atoms with van der Waals surface area (Å²) in [5.41, 5.74) is 2.36. The third-order valence-corrected chi connectivity index (χ3v) is 6.26. The fourth-order valence-corrected chi connectivity index (χ4v) is 4.32. The van der Waals surface area contributed by atoms with Crippen LogP contribution in [0.1, 0.15) is 46.8 Å². The molecule has 0 amide bonds. The van der Waals surface area contributed by atoms with E-state index in [0.29, 0.717) is 0 Å². The smallest absolute Gasteiger partial charge is 0.191 e. The van der Waals surface area contributed by atoms with Gasteiger partial charge in [-0.05, 0) is 44.4 Å². The van der Waals surface area contributed by atoms with Crippen LogP contribution in [0.3, 0.4) is 0 Å². The van der Waals surface area contributed by atoms with Crippen molar-refractivity contribution in [2.24, 2.45) is 4.99 Å². The molecule has 0 unspecified atom stereocenters. The highest BCUT2D eigenvalue weighted by Crippen LogP contribution is 2.18. The molecule has 0 bridgehead atoms. The van der Waals surface area contributed by atoms with Gasteiger partial charge < -0.3 is 15.5 Å². The molecule has 0 aliphatic carbocycles. The van der Waals surface area contributed by atoms with Crippen molar-refractivity contribution >= 4 is 47.1 Å². The van der Waals surface area contributed by atoms with Gasteiger partial charge in [0.05, 0.1) is 10.7 Å². The first-order valence-electron chi connectivity index (χ1n) is 10.2. The molecule has 0 atom stereocenters. The summed E-state index contributed by atoms with van der Waals surface area (Å²) in [7, 11) is 1.81. The van der Waals surface area contributed by atoms with Crippen molar-refractivity contribution in [1.29, 1.82) is 0 Å². The molecule has 0 aromatic carbocycles. The van der Waals surface area contributed by atoms with E-state index in [1.165, 1.54) is 41.1 Å². The van der Waals surface area contributed by atoms with Gasteiger partial charge in [0.25, 0.3) is 0 Å². The van der Waals surface area contributed by atoms with Crippen LogP contribution >= 0.6 is 35.3 Å². The van der Waals surface area contributed by atoms with Crippen molar-refractivity contribution in [3.63, 3.8) is 0 Å². The van der Waals surface area contributed by atoms with Gasteiger partial charge in [0.2, 0.25) is 0 Å². The number of aromatic nitrogens is 2. The molecular weight excluding hydrogens is 495 g/mol. The van der Waals surface area contributed by atoms with E-state index >= 15 is 0 Å². The van der Waals surface area contributed by atoms with E-state index < -0.39 is 0 Å². The highest BCUT2D eigenvalue weighted by Gasteiger charge is 2.11. The first-order valence-corrected chi connectivity index (χ1v) is 11.0. The van der Waals surface area contributed by atoms with Gasteiger partial charge in [-0.1, -0.05) is 12.8 Å². The van der Waals surface area contributed by atoms with E-state index in [9.17, 15) is 0 Å². The fraction of sp³-hybridized carbons (Fsp3) is 0.571. The van der Waals surface area contributed by atoms with Gasteiger partial charge in [-0.15, -0.1) is 35.3 Å². The molecule has 3 rings (SSSR count). The van der Waals surface area contributed by atoms with Crippen LogP contribution < -0.4 is 15.5 Å². The minimum atomic E-state index is 0. The third kappa shape index (κ3) is 7.40. The third-order valence-electron chi connectivity index (χ3n) is 5.13. The highest BCUT2D eigenvalue weighted by molar-refractivity contribution is 14.0. The molecule has 3 heterocycles. The van der Waals surface area contributed by atoms with Crippen LogP contribution in [0.5, 0.6) is 0 Å². The van der Waals surface area contributed by atoms with E-state index in [1.54, 1.807) is 11.3 Å². The van der Waals surface area contributed by atoms with Gasteiger partial charge >= 0.3 is 0 Å². The molecule has 6 nitrogen and oxygen atoms in total. The zero-order valence-electron chi connectivity index (χ0n) is 17.7. The normalized spacial score (nSPS) is 14.9. The van der Waals surface area contributed by atoms with Gasteiger partial charge in [-0.25, -0.2) is 9.97 Å². The predicted octanol–water partition coefficient (Wildman–Crippen LogP) is 4.06. The Morgan fingerprint density at radius 1 is 1.17 bits per heavy atom. The van der Waals surface area contributed by atoms with Crippen molar-refractivity contribution in [3.05, 3.63) is 39.5 Å². The number of pyridine rings is 1. The van der Waals surface area contributed by atoms with Crippen molar-refractivity contribution < 1.29 is 0 Å². The largest absolute Gasteiger partial charge is 0.357 e. The Bertz CT molecular complexity index is 764. The summed E-state index contributed by atoms with van der Waals surface area (Å²) in [6, 6.07) is 4.27. The standard InChI is InChI=1S/C21H32N6S.HI/c1-16-17(2)28-20(26-16)9-11-24-21(22-3)25-15-18-8-10-23-19(14-18)27-12-6-4-5-7-13-27;/h8,10,14H,4-7,9,11-13,15H2,1-3H3,(H2,22,24,25);1H. The van der Waals surface area contributed by atoms with Crippen LogP contribution in [0.4, 0.5) is 5.82 Å². The lowest BCUT2D eigenvalue weighted by Crippen LogP contribution is -2.37. The molecule has 1 aliphatic heterocycles. The molecule has 1 fully saturated rings. The summed E-state index contributed by atoms with van der Waals surface area (Å²) in [4.78, 5) is 17.2. The Labute approximate surface area is 195 Å². The molecule has 1 aliphatic rings. The zero-order chi connectivity index (χ0) is 19.8. The molecule has 1 saturated heterocycles. The number of aliphatic imine (C=N–C) groups is 1. The number of rotatable bonds is 6. The Morgan fingerprint density at radius 2 is 1.93 bits per heavy atom. The number of nitrogens with one attached hydrogen (secondary N) is 2. The molecule has 29 heavy (non-hydrogen) atoms. The van der Waals surface area contributed by atoms with E-state index in [2.05, 4.69) is 56.5 Å². The van der Waals surface area contributed by atoms with Gasteiger partial charge in [0.15, 0.2) is 5.96 Å². The Morgan fingerprint density at radius 3 is 2.59 bits per heavy atom. The molecule has 0 saturated carbocycles. The second kappa shape index (κ2) is 12.3. The summed E-state index contributed by atoms with van der Waals surface area (Å²) in [5.74, 6) is 1.91. The topological polar surface area (TPSA) is 65.4 Å². The van der Waals surface area contributed by atoms with Crippen LogP contribution in [0.15, 0.2) is 23.3 Å². The van der Waals surface area contributed by atoms with Gasteiger partial charge in [-0.2, -0.15) is 0 Å². The number of anilines is 1. The van der Waals surface area contributed by atoms with Gasteiger partial charge in [0, 0.05) is 50.7 Å². The van der Waals surface area contributed by atoms with Crippen LogP contribution in [0.2, 0.25) is 0 Å². The molecule has 2 aromatic heterocycles. The Balaban J connectivity index is 0.00000300. The summed E-state index contributed by atoms with van der Waals surface area (Å²) in [6.45, 7) is 7.97. The lowest BCUT2D eigenvalue weighted by molar-refractivity contribution is 0.726. The van der Waals surface area contributed by atoms with Crippen LogP contribution in [0.25, 0.3) is 0 Å². The number of aryl methyl sites for hydroxylation is 2. The number of guanidine groups is 1. The molecule has 0 spiro atoms. The number of hydrogen-bond donors (Lipinski definition) is 2. The number of thiazole rings is 1. The van der Waals surface area contributed by atoms with Crippen LogP contribution in [-0.2, 0) is 13.0 Å². The molecule has 2 aromatic rings. The SMILES string of the molecule is CN=C(NCCc1nc(C)c(C)s1)NCc1ccnc(N2CCCCCC2)c1.I. The minimum absolute atomic E-state index is 0. The lowest BCUT2D eigenvalue weighted by Gasteiger charge is -2.22. The number of hydrogen-bond acceptors (Lipinski definition) is 5. The maximum atomic E-state index is 4.59. The Hall–Kier alpha value is -1.42. The van der Waals surface area contributed by atoms with Crippen molar-refractivity contribution in [3.8, 4) is 0 Å². The first kappa shape index (κ1) is 23.9. The average Bonchev–Trinajstić information content (AvgIpc) is 2.91. The molecular formula is C21H33IN6S.